The number of carbonyl (C=O) groups is 2. The molecule has 6 nitrogen and oxygen atoms in total. The number of halogens is 1. The van der Waals surface area contributed by atoms with E-state index in [1.54, 1.807) is 13.0 Å². The zero-order valence-electron chi connectivity index (χ0n) is 11.8. The summed E-state index contributed by atoms with van der Waals surface area (Å²) >= 11 is 8.15. The summed E-state index contributed by atoms with van der Waals surface area (Å²) in [5.74, 6) is -0.838. The Balaban J connectivity index is 2.48. The number of amides is 2. The van der Waals surface area contributed by atoms with Gasteiger partial charge in [0, 0.05) is 6.54 Å². The van der Waals surface area contributed by atoms with E-state index in [9.17, 15) is 14.7 Å². The topological polar surface area (TPSA) is 78.9 Å². The molecular weight excluding hydrogens is 372 g/mol. The predicted octanol–water partition coefficient (Wildman–Crippen LogP) is 1.81. The molecule has 1 aromatic carbocycles. The lowest BCUT2D eigenvalue weighted by atomic mass is 10.1. The van der Waals surface area contributed by atoms with E-state index in [2.05, 4.69) is 21.2 Å². The summed E-state index contributed by atoms with van der Waals surface area (Å²) in [5, 5.41) is 12.4. The van der Waals surface area contributed by atoms with E-state index in [1.165, 1.54) is 24.2 Å². The third-order valence-electron chi connectivity index (χ3n) is 3.08. The largest absolute Gasteiger partial charge is 0.503 e. The van der Waals surface area contributed by atoms with Crippen molar-refractivity contribution in [3.05, 3.63) is 27.7 Å². The first kappa shape index (κ1) is 16.4. The van der Waals surface area contributed by atoms with Crippen LogP contribution in [0.4, 0.5) is 0 Å². The number of thiocarbonyl (C=S) groups is 1. The van der Waals surface area contributed by atoms with Crippen molar-refractivity contribution in [3.63, 3.8) is 0 Å². The highest BCUT2D eigenvalue weighted by Gasteiger charge is 2.32. The standard InChI is InChI=1S/C14H13BrN2O4S/c1-3-17-13(20)8(12(19)16-14(17)22)4-7-5-9(15)11(18)10(6-7)21-2/h4-6,18H,3H2,1-2H3,(H,16,19,22)/b8-4+. The van der Waals surface area contributed by atoms with Gasteiger partial charge in [-0.25, -0.2) is 0 Å². The van der Waals surface area contributed by atoms with Crippen LogP contribution in [0.2, 0.25) is 0 Å². The molecule has 1 aliphatic rings. The molecule has 2 amide bonds. The van der Waals surface area contributed by atoms with E-state index in [1.807, 2.05) is 0 Å². The first-order chi connectivity index (χ1) is 10.4. The number of phenols is 1. The fourth-order valence-corrected chi connectivity index (χ4v) is 2.74. The minimum atomic E-state index is -0.553. The van der Waals surface area contributed by atoms with Gasteiger partial charge in [0.15, 0.2) is 16.6 Å². The lowest BCUT2D eigenvalue weighted by Crippen LogP contribution is -2.53. The van der Waals surface area contributed by atoms with Crippen molar-refractivity contribution >= 4 is 51.2 Å². The molecule has 116 valence electrons. The van der Waals surface area contributed by atoms with Crippen molar-refractivity contribution in [3.8, 4) is 11.5 Å². The van der Waals surface area contributed by atoms with Crippen molar-refractivity contribution in [1.29, 1.82) is 0 Å². The highest BCUT2D eigenvalue weighted by Crippen LogP contribution is 2.35. The first-order valence-corrected chi connectivity index (χ1v) is 7.54. The summed E-state index contributed by atoms with van der Waals surface area (Å²) in [6.07, 6.45) is 1.43. The summed E-state index contributed by atoms with van der Waals surface area (Å²) in [6, 6.07) is 3.10. The molecule has 0 bridgehead atoms. The van der Waals surface area contributed by atoms with Gasteiger partial charge in [-0.1, -0.05) is 0 Å². The molecule has 8 heteroatoms. The number of hydrogen-bond donors (Lipinski definition) is 2. The van der Waals surface area contributed by atoms with Crippen LogP contribution in [0.15, 0.2) is 22.2 Å². The number of ether oxygens (including phenoxy) is 1. The Morgan fingerprint density at radius 3 is 2.73 bits per heavy atom. The average Bonchev–Trinajstić information content (AvgIpc) is 2.47. The van der Waals surface area contributed by atoms with Crippen molar-refractivity contribution in [1.82, 2.24) is 10.2 Å². The minimum Gasteiger partial charge on any atom is -0.503 e. The molecule has 22 heavy (non-hydrogen) atoms. The van der Waals surface area contributed by atoms with Crippen molar-refractivity contribution in [2.45, 2.75) is 6.92 Å². The summed E-state index contributed by atoms with van der Waals surface area (Å²) in [4.78, 5) is 25.6. The molecule has 0 aliphatic carbocycles. The number of rotatable bonds is 3. The monoisotopic (exact) mass is 384 g/mol. The number of aromatic hydroxyl groups is 1. The molecule has 2 rings (SSSR count). The molecule has 1 saturated heterocycles. The molecule has 0 unspecified atom stereocenters. The van der Waals surface area contributed by atoms with Crippen LogP contribution in [0.3, 0.4) is 0 Å². The maximum Gasteiger partial charge on any atom is 0.265 e. The predicted molar refractivity (Wildman–Crippen MR) is 88.5 cm³/mol. The molecular formula is C14H13BrN2O4S. The van der Waals surface area contributed by atoms with Crippen LogP contribution in [0.25, 0.3) is 6.08 Å². The molecule has 0 saturated carbocycles. The third kappa shape index (κ3) is 2.97. The number of methoxy groups -OCH3 is 1. The number of carbonyl (C=O) groups excluding carboxylic acids is 2. The van der Waals surface area contributed by atoms with Gasteiger partial charge in [-0.05, 0) is 58.8 Å². The summed E-state index contributed by atoms with van der Waals surface area (Å²) in [5.41, 5.74) is 0.499. The summed E-state index contributed by atoms with van der Waals surface area (Å²) in [6.45, 7) is 2.12. The zero-order valence-corrected chi connectivity index (χ0v) is 14.2. The van der Waals surface area contributed by atoms with Gasteiger partial charge in [0.25, 0.3) is 11.8 Å². The van der Waals surface area contributed by atoms with Crippen molar-refractivity contribution in [2.24, 2.45) is 0 Å². The second kappa shape index (κ2) is 6.45. The number of hydrogen-bond acceptors (Lipinski definition) is 5. The van der Waals surface area contributed by atoms with Crippen LogP contribution in [0.5, 0.6) is 11.5 Å². The second-order valence-corrected chi connectivity index (χ2v) is 5.66. The van der Waals surface area contributed by atoms with Gasteiger partial charge in [0.1, 0.15) is 5.57 Å². The fourth-order valence-electron chi connectivity index (χ4n) is 1.98. The molecule has 1 aromatic rings. The number of likely N-dealkylation sites (N-methyl/N-ethyl adjacent to an activating group) is 1. The van der Waals surface area contributed by atoms with Crippen LogP contribution >= 0.6 is 28.1 Å². The van der Waals surface area contributed by atoms with Gasteiger partial charge in [0.05, 0.1) is 11.6 Å². The Morgan fingerprint density at radius 2 is 2.14 bits per heavy atom. The van der Waals surface area contributed by atoms with E-state index < -0.39 is 11.8 Å². The zero-order chi connectivity index (χ0) is 16.4. The van der Waals surface area contributed by atoms with Crippen LogP contribution in [-0.4, -0.2) is 40.6 Å². The van der Waals surface area contributed by atoms with Gasteiger partial charge >= 0.3 is 0 Å². The summed E-state index contributed by atoms with van der Waals surface area (Å²) < 4.78 is 5.44. The van der Waals surface area contributed by atoms with Crippen molar-refractivity contribution < 1.29 is 19.4 Å². The van der Waals surface area contributed by atoms with Crippen LogP contribution in [0.1, 0.15) is 12.5 Å². The number of phenolic OH excluding ortho intramolecular Hbond substituents is 1. The van der Waals surface area contributed by atoms with Gasteiger partial charge in [-0.3, -0.25) is 19.8 Å². The Labute approximate surface area is 140 Å². The Morgan fingerprint density at radius 1 is 1.45 bits per heavy atom. The van der Waals surface area contributed by atoms with E-state index in [-0.39, 0.29) is 22.2 Å². The lowest BCUT2D eigenvalue weighted by Gasteiger charge is -2.27. The van der Waals surface area contributed by atoms with E-state index in [0.717, 1.165) is 0 Å². The molecule has 1 fully saturated rings. The SMILES string of the molecule is CCN1C(=O)/C(=C/c2cc(Br)c(O)c(OC)c2)C(=O)NC1=S. The number of nitrogens with zero attached hydrogens (tertiary/aromatic N) is 1. The van der Waals surface area contributed by atoms with Crippen LogP contribution in [0, 0.1) is 0 Å². The fraction of sp³-hybridized carbons (Fsp3) is 0.214. The van der Waals surface area contributed by atoms with Gasteiger partial charge < -0.3 is 9.84 Å². The molecule has 2 N–H and O–H groups in total. The average molecular weight is 385 g/mol. The normalized spacial score (nSPS) is 17.0. The Bertz CT molecular complexity index is 702. The third-order valence-corrected chi connectivity index (χ3v) is 4.01. The van der Waals surface area contributed by atoms with E-state index in [4.69, 9.17) is 17.0 Å². The molecule has 1 heterocycles. The smallest absolute Gasteiger partial charge is 0.265 e. The minimum absolute atomic E-state index is 0.0323. The quantitative estimate of drug-likeness (QED) is 0.472. The highest BCUT2D eigenvalue weighted by molar-refractivity contribution is 9.10. The number of benzene rings is 1. The molecule has 0 spiro atoms. The maximum absolute atomic E-state index is 12.3. The maximum atomic E-state index is 12.3. The highest BCUT2D eigenvalue weighted by atomic mass is 79.9. The van der Waals surface area contributed by atoms with E-state index >= 15 is 0 Å². The van der Waals surface area contributed by atoms with Gasteiger partial charge in [-0.15, -0.1) is 0 Å². The van der Waals surface area contributed by atoms with Gasteiger partial charge in [0.2, 0.25) is 0 Å². The lowest BCUT2D eigenvalue weighted by molar-refractivity contribution is -0.128. The Hall–Kier alpha value is -1.93. The molecule has 0 aromatic heterocycles. The molecule has 1 aliphatic heterocycles. The Kier molecular flexibility index (Phi) is 4.82. The first-order valence-electron chi connectivity index (χ1n) is 6.34. The summed E-state index contributed by atoms with van der Waals surface area (Å²) in [7, 11) is 1.41. The van der Waals surface area contributed by atoms with Gasteiger partial charge in [-0.2, -0.15) is 0 Å². The van der Waals surface area contributed by atoms with Crippen LogP contribution in [-0.2, 0) is 9.59 Å². The molecule has 0 radical (unpaired) electrons. The van der Waals surface area contributed by atoms with Crippen LogP contribution < -0.4 is 10.1 Å². The van der Waals surface area contributed by atoms with E-state index in [0.29, 0.717) is 16.6 Å². The molecule has 0 atom stereocenters. The van der Waals surface area contributed by atoms with Crippen molar-refractivity contribution in [2.75, 3.05) is 13.7 Å². The second-order valence-electron chi connectivity index (χ2n) is 4.42. The number of nitrogens with one attached hydrogen (secondary N) is 1.